The number of hydrogen-bond acceptors (Lipinski definition) is 1. The highest BCUT2D eigenvalue weighted by atomic mass is 35.5. The highest BCUT2D eigenvalue weighted by molar-refractivity contribution is 5.85. The summed E-state index contributed by atoms with van der Waals surface area (Å²) in [5, 5.41) is 8.56. The molecule has 0 aliphatic heterocycles. The van der Waals surface area contributed by atoms with Gasteiger partial charge in [0, 0.05) is 0 Å². The summed E-state index contributed by atoms with van der Waals surface area (Å²) in [7, 11) is 0. The molecule has 0 atom stereocenters. The van der Waals surface area contributed by atoms with Crippen LogP contribution in [0, 0.1) is 17.2 Å². The normalized spacial score (nSPS) is 9.08. The second kappa shape index (κ2) is 5.61. The minimum absolute atomic E-state index is 0. The standard InChI is InChI=1S/C11H13N.ClH/c1-9(2)7-10-3-5-11(8-12)6-4-10;/h3-6,9H,7H2,1-2H3;1H. The summed E-state index contributed by atoms with van der Waals surface area (Å²) in [4.78, 5) is 0. The van der Waals surface area contributed by atoms with Crippen LogP contribution in [-0.4, -0.2) is 0 Å². The summed E-state index contributed by atoms with van der Waals surface area (Å²) < 4.78 is 0. The Labute approximate surface area is 85.8 Å². The van der Waals surface area contributed by atoms with Crippen molar-refractivity contribution in [1.29, 1.82) is 5.26 Å². The Balaban J connectivity index is 0.00000144. The Hall–Kier alpha value is -1.00. The summed E-state index contributed by atoms with van der Waals surface area (Å²) in [6, 6.07) is 9.91. The van der Waals surface area contributed by atoms with Crippen LogP contribution in [0.1, 0.15) is 25.0 Å². The van der Waals surface area contributed by atoms with Crippen molar-refractivity contribution in [1.82, 2.24) is 0 Å². The Morgan fingerprint density at radius 2 is 1.77 bits per heavy atom. The van der Waals surface area contributed by atoms with Gasteiger partial charge >= 0.3 is 0 Å². The molecule has 1 nitrogen and oxygen atoms in total. The highest BCUT2D eigenvalue weighted by Crippen LogP contribution is 2.08. The molecule has 70 valence electrons. The van der Waals surface area contributed by atoms with E-state index in [2.05, 4.69) is 19.9 Å². The molecule has 2 heteroatoms. The molecule has 0 radical (unpaired) electrons. The molecule has 0 N–H and O–H groups in total. The SMILES string of the molecule is CC(C)Cc1ccc(C#N)cc1.Cl. The number of benzene rings is 1. The second-order valence-electron chi connectivity index (χ2n) is 3.41. The molecule has 1 aromatic carbocycles. The molecule has 0 aliphatic carbocycles. The third-order valence-corrected chi connectivity index (χ3v) is 1.73. The molecule has 0 saturated carbocycles. The zero-order valence-corrected chi connectivity index (χ0v) is 8.77. The predicted octanol–water partition coefficient (Wildman–Crippen LogP) is 3.18. The summed E-state index contributed by atoms with van der Waals surface area (Å²) >= 11 is 0. The molecule has 0 aliphatic rings. The number of hydrogen-bond donors (Lipinski definition) is 0. The lowest BCUT2D eigenvalue weighted by molar-refractivity contribution is 0.647. The molecular formula is C11H14ClN. The molecule has 13 heavy (non-hydrogen) atoms. The van der Waals surface area contributed by atoms with Gasteiger partial charge in [-0.15, -0.1) is 12.4 Å². The first-order chi connectivity index (χ1) is 5.72. The molecule has 0 heterocycles. The molecule has 1 rings (SSSR count). The number of rotatable bonds is 2. The fourth-order valence-corrected chi connectivity index (χ4v) is 1.19. The molecule has 0 unspecified atom stereocenters. The Bertz CT molecular complexity index is 282. The van der Waals surface area contributed by atoms with Gasteiger partial charge in [-0.1, -0.05) is 26.0 Å². The quantitative estimate of drug-likeness (QED) is 0.711. The number of nitrogens with zero attached hydrogens (tertiary/aromatic N) is 1. The lowest BCUT2D eigenvalue weighted by Crippen LogP contribution is -1.93. The first-order valence-electron chi connectivity index (χ1n) is 4.21. The minimum atomic E-state index is 0. The maximum absolute atomic E-state index is 8.56. The van der Waals surface area contributed by atoms with Gasteiger partial charge in [0.25, 0.3) is 0 Å². The number of halogens is 1. The van der Waals surface area contributed by atoms with Crippen LogP contribution in [0.3, 0.4) is 0 Å². The summed E-state index contributed by atoms with van der Waals surface area (Å²) in [5.41, 5.74) is 2.05. The topological polar surface area (TPSA) is 23.8 Å². The zero-order valence-electron chi connectivity index (χ0n) is 7.95. The van der Waals surface area contributed by atoms with E-state index in [9.17, 15) is 0 Å². The van der Waals surface area contributed by atoms with Crippen LogP contribution in [0.4, 0.5) is 0 Å². The van der Waals surface area contributed by atoms with Gasteiger partial charge in [-0.05, 0) is 30.0 Å². The van der Waals surface area contributed by atoms with E-state index in [-0.39, 0.29) is 12.4 Å². The lowest BCUT2D eigenvalue weighted by Gasteiger charge is -2.03. The van der Waals surface area contributed by atoms with Gasteiger partial charge in [-0.2, -0.15) is 5.26 Å². The lowest BCUT2D eigenvalue weighted by atomic mass is 10.0. The van der Waals surface area contributed by atoms with Crippen LogP contribution in [0.2, 0.25) is 0 Å². The van der Waals surface area contributed by atoms with Crippen LogP contribution in [0.15, 0.2) is 24.3 Å². The van der Waals surface area contributed by atoms with Crippen LogP contribution in [0.5, 0.6) is 0 Å². The molecule has 0 spiro atoms. The van der Waals surface area contributed by atoms with Crippen molar-refractivity contribution in [3.8, 4) is 6.07 Å². The predicted molar refractivity (Wildman–Crippen MR) is 56.9 cm³/mol. The average molecular weight is 196 g/mol. The van der Waals surface area contributed by atoms with Gasteiger partial charge in [0.2, 0.25) is 0 Å². The third kappa shape index (κ3) is 3.96. The fraction of sp³-hybridized carbons (Fsp3) is 0.364. The fourth-order valence-electron chi connectivity index (χ4n) is 1.19. The first-order valence-corrected chi connectivity index (χ1v) is 4.21. The highest BCUT2D eigenvalue weighted by Gasteiger charge is 1.96. The van der Waals surface area contributed by atoms with E-state index >= 15 is 0 Å². The van der Waals surface area contributed by atoms with Crippen molar-refractivity contribution in [2.45, 2.75) is 20.3 Å². The summed E-state index contributed by atoms with van der Waals surface area (Å²) in [5.74, 6) is 0.679. The van der Waals surface area contributed by atoms with E-state index in [0.29, 0.717) is 5.92 Å². The van der Waals surface area contributed by atoms with Crippen LogP contribution < -0.4 is 0 Å². The minimum Gasteiger partial charge on any atom is -0.192 e. The Kier molecular flexibility index (Phi) is 5.18. The Morgan fingerprint density at radius 1 is 1.23 bits per heavy atom. The number of nitriles is 1. The van der Waals surface area contributed by atoms with Crippen molar-refractivity contribution in [2.24, 2.45) is 5.92 Å². The van der Waals surface area contributed by atoms with Gasteiger partial charge in [-0.3, -0.25) is 0 Å². The Morgan fingerprint density at radius 3 is 2.15 bits per heavy atom. The van der Waals surface area contributed by atoms with E-state index < -0.39 is 0 Å². The molecule has 0 aromatic heterocycles. The van der Waals surface area contributed by atoms with Crippen molar-refractivity contribution >= 4 is 12.4 Å². The van der Waals surface area contributed by atoms with E-state index in [1.807, 2.05) is 24.3 Å². The third-order valence-electron chi connectivity index (χ3n) is 1.73. The van der Waals surface area contributed by atoms with Crippen molar-refractivity contribution in [2.75, 3.05) is 0 Å². The smallest absolute Gasteiger partial charge is 0.0991 e. The molecule has 0 saturated heterocycles. The van der Waals surface area contributed by atoms with Gasteiger partial charge in [-0.25, -0.2) is 0 Å². The molecule has 0 bridgehead atoms. The largest absolute Gasteiger partial charge is 0.192 e. The van der Waals surface area contributed by atoms with Gasteiger partial charge in [0.05, 0.1) is 11.6 Å². The van der Waals surface area contributed by atoms with E-state index in [1.54, 1.807) is 0 Å². The summed E-state index contributed by atoms with van der Waals surface area (Å²) in [6.07, 6.45) is 1.09. The van der Waals surface area contributed by atoms with Gasteiger partial charge in [0.15, 0.2) is 0 Å². The van der Waals surface area contributed by atoms with Crippen molar-refractivity contribution in [3.05, 3.63) is 35.4 Å². The molecular weight excluding hydrogens is 182 g/mol. The van der Waals surface area contributed by atoms with Crippen molar-refractivity contribution < 1.29 is 0 Å². The maximum atomic E-state index is 8.56. The first kappa shape index (κ1) is 12.0. The monoisotopic (exact) mass is 195 g/mol. The maximum Gasteiger partial charge on any atom is 0.0991 e. The zero-order chi connectivity index (χ0) is 8.97. The summed E-state index contributed by atoms with van der Waals surface area (Å²) in [6.45, 7) is 4.39. The van der Waals surface area contributed by atoms with E-state index in [4.69, 9.17) is 5.26 Å². The molecule has 0 amide bonds. The van der Waals surface area contributed by atoms with Gasteiger partial charge in [0.1, 0.15) is 0 Å². The molecule has 0 fully saturated rings. The average Bonchev–Trinajstić information content (AvgIpc) is 2.05. The van der Waals surface area contributed by atoms with Crippen LogP contribution >= 0.6 is 12.4 Å². The van der Waals surface area contributed by atoms with Gasteiger partial charge < -0.3 is 0 Å². The van der Waals surface area contributed by atoms with E-state index in [1.165, 1.54) is 5.56 Å². The van der Waals surface area contributed by atoms with Crippen molar-refractivity contribution in [3.63, 3.8) is 0 Å². The second-order valence-corrected chi connectivity index (χ2v) is 3.41. The van der Waals surface area contributed by atoms with Crippen LogP contribution in [-0.2, 0) is 6.42 Å². The molecule has 1 aromatic rings. The van der Waals surface area contributed by atoms with E-state index in [0.717, 1.165) is 12.0 Å². The van der Waals surface area contributed by atoms with Crippen LogP contribution in [0.25, 0.3) is 0 Å².